The number of ether oxygens (including phenoxy) is 1. The Morgan fingerprint density at radius 2 is 2.16 bits per heavy atom. The molecule has 0 bridgehead atoms. The van der Waals surface area contributed by atoms with Gasteiger partial charge in [0.15, 0.2) is 11.6 Å². The zero-order valence-electron chi connectivity index (χ0n) is 13.9. The first kappa shape index (κ1) is 19.8. The van der Waals surface area contributed by atoms with Crippen LogP contribution in [0.15, 0.2) is 18.2 Å². The largest absolute Gasteiger partial charge is 0.490 e. The summed E-state index contributed by atoms with van der Waals surface area (Å²) in [6, 6.07) is 3.11. The molecule has 0 radical (unpaired) electrons. The number of amides is 1. The van der Waals surface area contributed by atoms with Crippen molar-refractivity contribution < 1.29 is 22.7 Å². The van der Waals surface area contributed by atoms with Crippen LogP contribution in [0.1, 0.15) is 37.8 Å². The molecule has 0 spiro atoms. The zero-order valence-corrected chi connectivity index (χ0v) is 14.7. The lowest BCUT2D eigenvalue weighted by molar-refractivity contribution is -0.124. The van der Waals surface area contributed by atoms with Gasteiger partial charge in [-0.3, -0.25) is 10.1 Å². The van der Waals surface area contributed by atoms with Crippen LogP contribution in [0, 0.1) is 11.7 Å². The van der Waals surface area contributed by atoms with Gasteiger partial charge < -0.3 is 10.1 Å². The van der Waals surface area contributed by atoms with Crippen LogP contribution in [0.3, 0.4) is 0 Å². The Bertz CT molecular complexity index is 626. The summed E-state index contributed by atoms with van der Waals surface area (Å²) in [6.07, 6.45) is 1.72. The molecular weight excluding hydrogens is 357 g/mol. The molecule has 2 aliphatic rings. The average Bonchev–Trinajstić information content (AvgIpc) is 3.27. The molecule has 1 aromatic rings. The fourth-order valence-electron chi connectivity index (χ4n) is 2.69. The molecule has 2 fully saturated rings. The summed E-state index contributed by atoms with van der Waals surface area (Å²) in [6.45, 7) is 1.70. The number of carbonyl (C=O) groups excluding carboxylic acids is 1. The summed E-state index contributed by atoms with van der Waals surface area (Å²) < 4.78 is 45.8. The number of rotatable bonds is 6. The number of hydrogen-bond donors (Lipinski definition) is 2. The van der Waals surface area contributed by atoms with Crippen molar-refractivity contribution in [2.24, 2.45) is 5.92 Å². The molecule has 140 valence electrons. The summed E-state index contributed by atoms with van der Waals surface area (Å²) in [5, 5.41) is 5.14. The first-order chi connectivity index (χ1) is 11.3. The minimum atomic E-state index is -2.86. The van der Waals surface area contributed by atoms with Crippen LogP contribution in [-0.4, -0.2) is 31.0 Å². The second-order valence-electron chi connectivity index (χ2n) is 6.67. The van der Waals surface area contributed by atoms with Gasteiger partial charge in [0.2, 0.25) is 5.91 Å². The van der Waals surface area contributed by atoms with Gasteiger partial charge in [-0.1, -0.05) is 6.07 Å². The third-order valence-electron chi connectivity index (χ3n) is 4.41. The van der Waals surface area contributed by atoms with Gasteiger partial charge in [-0.2, -0.15) is 0 Å². The number of alkyl halides is 2. The predicted molar refractivity (Wildman–Crippen MR) is 89.8 cm³/mol. The van der Waals surface area contributed by atoms with Gasteiger partial charge in [0.1, 0.15) is 0 Å². The van der Waals surface area contributed by atoms with Crippen LogP contribution in [-0.2, 0) is 4.79 Å². The summed E-state index contributed by atoms with van der Waals surface area (Å²) in [5.41, 5.74) is 0.560. The van der Waals surface area contributed by atoms with Crippen molar-refractivity contribution in [3.63, 3.8) is 0 Å². The minimum Gasteiger partial charge on any atom is -0.490 e. The third-order valence-corrected chi connectivity index (χ3v) is 4.41. The van der Waals surface area contributed by atoms with Crippen molar-refractivity contribution in [2.45, 2.75) is 44.2 Å². The Hall–Kier alpha value is -1.47. The monoisotopic (exact) mass is 378 g/mol. The quantitative estimate of drug-likeness (QED) is 0.799. The molecule has 1 aromatic carbocycles. The number of hydrogen-bond acceptors (Lipinski definition) is 3. The van der Waals surface area contributed by atoms with E-state index in [0.717, 1.165) is 12.8 Å². The topological polar surface area (TPSA) is 50.4 Å². The van der Waals surface area contributed by atoms with Crippen molar-refractivity contribution in [1.29, 1.82) is 0 Å². The zero-order chi connectivity index (χ0) is 17.3. The molecule has 3 rings (SSSR count). The van der Waals surface area contributed by atoms with Gasteiger partial charge in [-0.15, -0.1) is 12.4 Å². The van der Waals surface area contributed by atoms with Gasteiger partial charge >= 0.3 is 0 Å². The summed E-state index contributed by atoms with van der Waals surface area (Å²) >= 11 is 0. The fourth-order valence-corrected chi connectivity index (χ4v) is 2.69. The van der Waals surface area contributed by atoms with Crippen LogP contribution in [0.2, 0.25) is 0 Å². The molecule has 2 atom stereocenters. The van der Waals surface area contributed by atoms with Crippen molar-refractivity contribution in [2.75, 3.05) is 13.2 Å². The highest BCUT2D eigenvalue weighted by Crippen LogP contribution is 2.31. The number of benzene rings is 1. The number of carbonyl (C=O) groups is 1. The van der Waals surface area contributed by atoms with E-state index in [1.54, 1.807) is 13.0 Å². The molecule has 1 amide bonds. The van der Waals surface area contributed by atoms with E-state index in [1.165, 1.54) is 12.1 Å². The highest BCUT2D eigenvalue weighted by molar-refractivity contribution is 5.85. The Morgan fingerprint density at radius 1 is 1.44 bits per heavy atom. The summed E-state index contributed by atoms with van der Waals surface area (Å²) in [4.78, 5) is 12.0. The summed E-state index contributed by atoms with van der Waals surface area (Å²) in [5.74, 6) is -3.13. The van der Waals surface area contributed by atoms with Crippen LogP contribution in [0.5, 0.6) is 5.75 Å². The number of halogens is 4. The molecule has 8 heteroatoms. The molecule has 1 aliphatic heterocycles. The van der Waals surface area contributed by atoms with E-state index in [2.05, 4.69) is 10.6 Å². The second kappa shape index (κ2) is 7.83. The smallest absolute Gasteiger partial charge is 0.262 e. The highest BCUT2D eigenvalue weighted by Gasteiger charge is 2.42. The molecule has 25 heavy (non-hydrogen) atoms. The lowest BCUT2D eigenvalue weighted by Gasteiger charge is -2.18. The third kappa shape index (κ3) is 5.25. The van der Waals surface area contributed by atoms with Crippen molar-refractivity contribution >= 4 is 18.3 Å². The molecule has 4 nitrogen and oxygen atoms in total. The predicted octanol–water partition coefficient (Wildman–Crippen LogP) is 3.21. The van der Waals surface area contributed by atoms with E-state index >= 15 is 0 Å². The summed E-state index contributed by atoms with van der Waals surface area (Å²) in [7, 11) is 0. The number of nitrogens with one attached hydrogen (secondary N) is 2. The standard InChI is InChI=1S/C17H21F3N2O2.ClH/c1-10(22-16(23)14-7-17(19,20)9-21-14)12-4-5-15(13(18)6-12)24-8-11-2-3-11;/h4-6,10-11,14,21H,2-3,7-9H2,1H3,(H,22,23);1H. The van der Waals surface area contributed by atoms with E-state index < -0.39 is 42.7 Å². The molecule has 2 N–H and O–H groups in total. The van der Waals surface area contributed by atoms with Crippen LogP contribution in [0.4, 0.5) is 13.2 Å². The minimum absolute atomic E-state index is 0. The lowest BCUT2D eigenvalue weighted by Crippen LogP contribution is -2.41. The van der Waals surface area contributed by atoms with E-state index in [1.807, 2.05) is 0 Å². The Balaban J connectivity index is 0.00000225. The Labute approximate surface area is 150 Å². The lowest BCUT2D eigenvalue weighted by atomic mass is 10.1. The van der Waals surface area contributed by atoms with Crippen LogP contribution in [0.25, 0.3) is 0 Å². The van der Waals surface area contributed by atoms with Crippen LogP contribution >= 0.6 is 12.4 Å². The van der Waals surface area contributed by atoms with E-state index in [4.69, 9.17) is 4.74 Å². The van der Waals surface area contributed by atoms with Crippen molar-refractivity contribution in [1.82, 2.24) is 10.6 Å². The molecule has 0 aromatic heterocycles. The molecule has 1 heterocycles. The van der Waals surface area contributed by atoms with E-state index in [9.17, 15) is 18.0 Å². The highest BCUT2D eigenvalue weighted by atomic mass is 35.5. The Morgan fingerprint density at radius 3 is 2.72 bits per heavy atom. The van der Waals surface area contributed by atoms with Gasteiger partial charge in [-0.25, -0.2) is 13.2 Å². The maximum Gasteiger partial charge on any atom is 0.262 e. The Kier molecular flexibility index (Phi) is 6.21. The average molecular weight is 379 g/mol. The molecule has 1 saturated carbocycles. The first-order valence-electron chi connectivity index (χ1n) is 8.18. The van der Waals surface area contributed by atoms with Gasteiger partial charge in [0, 0.05) is 6.42 Å². The van der Waals surface area contributed by atoms with Gasteiger partial charge in [0.25, 0.3) is 5.92 Å². The van der Waals surface area contributed by atoms with E-state index in [-0.39, 0.29) is 18.2 Å². The fraction of sp³-hybridized carbons (Fsp3) is 0.588. The molecule has 1 saturated heterocycles. The maximum atomic E-state index is 14.1. The molecule has 2 unspecified atom stereocenters. The van der Waals surface area contributed by atoms with Gasteiger partial charge in [0.05, 0.1) is 25.2 Å². The van der Waals surface area contributed by atoms with Crippen LogP contribution < -0.4 is 15.4 Å². The van der Waals surface area contributed by atoms with E-state index in [0.29, 0.717) is 18.1 Å². The van der Waals surface area contributed by atoms with Crippen molar-refractivity contribution in [3.8, 4) is 5.75 Å². The SMILES string of the molecule is CC(NC(=O)C1CC(F)(F)CN1)c1ccc(OCC2CC2)c(F)c1.Cl. The normalized spacial score (nSPS) is 22.8. The first-order valence-corrected chi connectivity index (χ1v) is 8.18. The molecule has 1 aliphatic carbocycles. The molecular formula is C17H22ClF3N2O2. The van der Waals surface area contributed by atoms with Crippen molar-refractivity contribution in [3.05, 3.63) is 29.6 Å². The van der Waals surface area contributed by atoms with Gasteiger partial charge in [-0.05, 0) is 43.4 Å². The second-order valence-corrected chi connectivity index (χ2v) is 6.67. The maximum absolute atomic E-state index is 14.1.